The van der Waals surface area contributed by atoms with E-state index in [1.807, 2.05) is 24.3 Å². The van der Waals surface area contributed by atoms with E-state index in [1.54, 1.807) is 0 Å². The van der Waals surface area contributed by atoms with E-state index in [4.69, 9.17) is 4.74 Å². The molecule has 9 heteroatoms. The first-order valence-electron chi connectivity index (χ1n) is 8.36. The highest BCUT2D eigenvalue weighted by atomic mass is 32.1. The number of benzene rings is 2. The van der Waals surface area contributed by atoms with Crippen LogP contribution in [0.3, 0.4) is 0 Å². The van der Waals surface area contributed by atoms with Gasteiger partial charge in [-0.1, -0.05) is 12.1 Å². The average Bonchev–Trinajstić information content (AvgIpc) is 3.12. The number of fused-ring (bicyclic) bond motifs is 1. The molecule has 0 aliphatic heterocycles. The molecule has 3 rings (SSSR count). The van der Waals surface area contributed by atoms with E-state index >= 15 is 0 Å². The molecule has 2 N–H and O–H groups in total. The van der Waals surface area contributed by atoms with Crippen LogP contribution in [0, 0.1) is 5.82 Å². The second-order valence-corrected chi connectivity index (χ2v) is 6.86. The number of hydrogen-bond donors (Lipinski definition) is 2. The highest BCUT2D eigenvalue weighted by molar-refractivity contribution is 7.18. The average molecular weight is 401 g/mol. The molecule has 3 aromatic rings. The second-order valence-electron chi connectivity index (χ2n) is 5.75. The molecule has 0 saturated heterocycles. The van der Waals surface area contributed by atoms with Crippen molar-refractivity contribution in [1.82, 2.24) is 15.8 Å². The number of carbonyl (C=O) groups excluding carboxylic acids is 3. The Hall–Kier alpha value is -3.33. The maximum absolute atomic E-state index is 12.8. The molecule has 0 bridgehead atoms. The largest absolute Gasteiger partial charge is 0.455 e. The van der Waals surface area contributed by atoms with Crippen molar-refractivity contribution in [3.8, 4) is 0 Å². The molecule has 1 aromatic heterocycles. The van der Waals surface area contributed by atoms with Gasteiger partial charge in [-0.25, -0.2) is 9.37 Å². The van der Waals surface area contributed by atoms with Crippen molar-refractivity contribution < 1.29 is 23.5 Å². The fourth-order valence-electron chi connectivity index (χ4n) is 2.29. The van der Waals surface area contributed by atoms with Gasteiger partial charge in [-0.15, -0.1) is 11.3 Å². The zero-order valence-electron chi connectivity index (χ0n) is 14.6. The van der Waals surface area contributed by atoms with Crippen molar-refractivity contribution in [3.63, 3.8) is 0 Å². The third kappa shape index (κ3) is 5.34. The van der Waals surface area contributed by atoms with Crippen LogP contribution < -0.4 is 10.9 Å². The number of nitrogens with one attached hydrogen (secondary N) is 2. The van der Waals surface area contributed by atoms with Crippen LogP contribution in [0.15, 0.2) is 48.5 Å². The van der Waals surface area contributed by atoms with Crippen LogP contribution in [-0.2, 0) is 20.7 Å². The summed E-state index contributed by atoms with van der Waals surface area (Å²) < 4.78 is 18.7. The van der Waals surface area contributed by atoms with Gasteiger partial charge in [-0.2, -0.15) is 0 Å². The van der Waals surface area contributed by atoms with Crippen molar-refractivity contribution in [2.45, 2.75) is 12.8 Å². The van der Waals surface area contributed by atoms with E-state index in [-0.39, 0.29) is 12.0 Å². The van der Waals surface area contributed by atoms with Crippen LogP contribution in [-0.4, -0.2) is 29.4 Å². The predicted octanol–water partition coefficient (Wildman–Crippen LogP) is 2.37. The molecule has 1 heterocycles. The number of aromatic nitrogens is 1. The molecule has 7 nitrogen and oxygen atoms in total. The summed E-state index contributed by atoms with van der Waals surface area (Å²) in [6.45, 7) is -0.525. The minimum atomic E-state index is -0.691. The molecule has 28 heavy (non-hydrogen) atoms. The summed E-state index contributed by atoms with van der Waals surface area (Å²) in [5.74, 6) is -2.32. The fraction of sp³-hybridized carbons (Fsp3) is 0.158. The zero-order chi connectivity index (χ0) is 19.9. The van der Waals surface area contributed by atoms with Gasteiger partial charge in [0, 0.05) is 12.0 Å². The highest BCUT2D eigenvalue weighted by Crippen LogP contribution is 2.22. The molecule has 2 amide bonds. The standard InChI is InChI=1S/C19H16FN3O4S/c20-13-7-5-12(6-8-13)19(26)23-22-16(24)11-27-18(25)10-9-17-21-14-3-1-2-4-15(14)28-17/h1-8H,9-11H2,(H,22,24)(H,23,26). The summed E-state index contributed by atoms with van der Waals surface area (Å²) in [5, 5.41) is 0.814. The number of esters is 1. The van der Waals surface area contributed by atoms with Crippen LogP contribution in [0.2, 0.25) is 0 Å². The van der Waals surface area contributed by atoms with Crippen molar-refractivity contribution in [1.29, 1.82) is 0 Å². The summed E-state index contributed by atoms with van der Waals surface area (Å²) in [6, 6.07) is 12.5. The third-order valence-electron chi connectivity index (χ3n) is 3.67. The van der Waals surface area contributed by atoms with Crippen LogP contribution in [0.5, 0.6) is 0 Å². The lowest BCUT2D eigenvalue weighted by Gasteiger charge is -2.08. The first-order valence-corrected chi connectivity index (χ1v) is 9.18. The van der Waals surface area contributed by atoms with E-state index in [2.05, 4.69) is 15.8 Å². The summed E-state index contributed by atoms with van der Waals surface area (Å²) in [4.78, 5) is 39.6. The number of thiazole rings is 1. The summed E-state index contributed by atoms with van der Waals surface area (Å²) >= 11 is 1.50. The maximum atomic E-state index is 12.8. The van der Waals surface area contributed by atoms with Crippen LogP contribution in [0.1, 0.15) is 21.8 Å². The Morgan fingerprint density at radius 3 is 2.54 bits per heavy atom. The monoisotopic (exact) mass is 401 g/mol. The normalized spacial score (nSPS) is 10.5. The minimum absolute atomic E-state index is 0.0923. The first-order chi connectivity index (χ1) is 13.5. The summed E-state index contributed by atoms with van der Waals surface area (Å²) in [5.41, 5.74) is 5.33. The lowest BCUT2D eigenvalue weighted by molar-refractivity contribution is -0.148. The highest BCUT2D eigenvalue weighted by Gasteiger charge is 2.11. The number of hydrazine groups is 1. The molecule has 0 atom stereocenters. The van der Waals surface area contributed by atoms with Gasteiger partial charge in [-0.05, 0) is 36.4 Å². The topological polar surface area (TPSA) is 97.4 Å². The number of hydrogen-bond acceptors (Lipinski definition) is 6. The Labute approximate surface area is 163 Å². The predicted molar refractivity (Wildman–Crippen MR) is 101 cm³/mol. The van der Waals surface area contributed by atoms with Crippen molar-refractivity contribution in [2.24, 2.45) is 0 Å². The molecule has 0 spiro atoms. The van der Waals surface area contributed by atoms with Gasteiger partial charge in [0.25, 0.3) is 11.8 Å². The molecular formula is C19H16FN3O4S. The smallest absolute Gasteiger partial charge is 0.306 e. The maximum Gasteiger partial charge on any atom is 0.306 e. The van der Waals surface area contributed by atoms with Gasteiger partial charge >= 0.3 is 5.97 Å². The van der Waals surface area contributed by atoms with Crippen LogP contribution >= 0.6 is 11.3 Å². The SMILES string of the molecule is O=C(COC(=O)CCc1nc2ccccc2s1)NNC(=O)c1ccc(F)cc1. The number of halogens is 1. The Kier molecular flexibility index (Phi) is 6.28. The fourth-order valence-corrected chi connectivity index (χ4v) is 3.26. The quantitative estimate of drug-likeness (QED) is 0.488. The molecule has 0 saturated carbocycles. The summed E-state index contributed by atoms with van der Waals surface area (Å²) in [7, 11) is 0. The first kappa shape index (κ1) is 19.4. The Balaban J connectivity index is 1.37. The molecule has 0 aliphatic carbocycles. The number of para-hydroxylation sites is 1. The van der Waals surface area contributed by atoms with E-state index < -0.39 is 30.2 Å². The van der Waals surface area contributed by atoms with Crippen molar-refractivity contribution >= 4 is 39.3 Å². The molecular weight excluding hydrogens is 385 g/mol. The molecule has 0 radical (unpaired) electrons. The molecule has 0 unspecified atom stereocenters. The Bertz CT molecular complexity index is 971. The summed E-state index contributed by atoms with van der Waals surface area (Å²) in [6.07, 6.45) is 0.510. The number of nitrogens with zero attached hydrogens (tertiary/aromatic N) is 1. The Morgan fingerprint density at radius 2 is 1.79 bits per heavy atom. The van der Waals surface area contributed by atoms with Crippen molar-refractivity contribution in [2.75, 3.05) is 6.61 Å². The number of ether oxygens (including phenoxy) is 1. The van der Waals surface area contributed by atoms with Gasteiger partial charge in [0.1, 0.15) is 5.82 Å². The van der Waals surface area contributed by atoms with Crippen LogP contribution in [0.4, 0.5) is 4.39 Å². The molecule has 0 fully saturated rings. The number of aryl methyl sites for hydroxylation is 1. The number of amides is 2. The number of rotatable bonds is 6. The van der Waals surface area contributed by atoms with Gasteiger partial charge in [0.2, 0.25) is 0 Å². The van der Waals surface area contributed by atoms with E-state index in [0.29, 0.717) is 6.42 Å². The molecule has 2 aromatic carbocycles. The lowest BCUT2D eigenvalue weighted by atomic mass is 10.2. The van der Waals surface area contributed by atoms with Crippen molar-refractivity contribution in [3.05, 3.63) is 64.9 Å². The molecule has 144 valence electrons. The van der Waals surface area contributed by atoms with E-state index in [1.165, 1.54) is 23.5 Å². The third-order valence-corrected chi connectivity index (χ3v) is 4.76. The van der Waals surface area contributed by atoms with E-state index in [9.17, 15) is 18.8 Å². The van der Waals surface area contributed by atoms with Crippen LogP contribution in [0.25, 0.3) is 10.2 Å². The lowest BCUT2D eigenvalue weighted by Crippen LogP contribution is -2.43. The zero-order valence-corrected chi connectivity index (χ0v) is 15.4. The Morgan fingerprint density at radius 1 is 1.04 bits per heavy atom. The van der Waals surface area contributed by atoms with E-state index in [0.717, 1.165) is 27.4 Å². The second kappa shape index (κ2) is 9.05. The van der Waals surface area contributed by atoms with Gasteiger partial charge < -0.3 is 4.74 Å². The molecule has 0 aliphatic rings. The van der Waals surface area contributed by atoms with Gasteiger partial charge in [0.05, 0.1) is 21.6 Å². The van der Waals surface area contributed by atoms with Gasteiger partial charge in [0.15, 0.2) is 6.61 Å². The van der Waals surface area contributed by atoms with Gasteiger partial charge in [-0.3, -0.25) is 25.2 Å². The number of carbonyl (C=O) groups is 3. The minimum Gasteiger partial charge on any atom is -0.455 e.